The highest BCUT2D eigenvalue weighted by Crippen LogP contribution is 2.35. The second-order valence-corrected chi connectivity index (χ2v) is 4.99. The number of rotatable bonds is 5. The summed E-state index contributed by atoms with van der Waals surface area (Å²) in [5.41, 5.74) is -0.0125. The summed E-state index contributed by atoms with van der Waals surface area (Å²) in [6.07, 6.45) is 3.96. The van der Waals surface area contributed by atoms with Gasteiger partial charge < -0.3 is 10.2 Å². The molecule has 1 aliphatic rings. The highest BCUT2D eigenvalue weighted by Gasteiger charge is 2.29. The maximum Gasteiger partial charge on any atom is 0.353 e. The Bertz CT molecular complexity index is 476. The molecule has 1 saturated heterocycles. The van der Waals surface area contributed by atoms with Crippen molar-refractivity contribution in [3.63, 3.8) is 0 Å². The van der Waals surface area contributed by atoms with Crippen molar-refractivity contribution in [1.82, 2.24) is 9.97 Å². The van der Waals surface area contributed by atoms with Crippen LogP contribution in [0.25, 0.3) is 0 Å². The quantitative estimate of drug-likeness (QED) is 0.383. The van der Waals surface area contributed by atoms with Crippen molar-refractivity contribution in [2.75, 3.05) is 36.1 Å². The van der Waals surface area contributed by atoms with Crippen LogP contribution in [0.3, 0.4) is 0 Å². The lowest BCUT2D eigenvalue weighted by Gasteiger charge is -2.18. The van der Waals surface area contributed by atoms with Gasteiger partial charge in [0, 0.05) is 19.6 Å². The summed E-state index contributed by atoms with van der Waals surface area (Å²) in [4.78, 5) is 21.4. The Labute approximate surface area is 116 Å². The smallest absolute Gasteiger partial charge is 0.353 e. The topological polar surface area (TPSA) is 84.2 Å². The lowest BCUT2D eigenvalue weighted by molar-refractivity contribution is -0.383. The van der Waals surface area contributed by atoms with Gasteiger partial charge in [0.05, 0.1) is 4.92 Å². The highest BCUT2D eigenvalue weighted by atomic mass is 32.2. The largest absolute Gasteiger partial charge is 0.364 e. The van der Waals surface area contributed by atoms with Gasteiger partial charge in [0.2, 0.25) is 11.6 Å². The van der Waals surface area contributed by atoms with E-state index in [1.54, 1.807) is 0 Å². The molecule has 0 radical (unpaired) electrons. The van der Waals surface area contributed by atoms with E-state index >= 15 is 0 Å². The first-order chi connectivity index (χ1) is 9.17. The molecule has 1 aliphatic heterocycles. The predicted molar refractivity (Wildman–Crippen MR) is 76.1 cm³/mol. The molecule has 0 aromatic carbocycles. The maximum atomic E-state index is 11.3. The molecule has 0 aliphatic carbocycles. The first kappa shape index (κ1) is 13.9. The zero-order chi connectivity index (χ0) is 13.8. The molecule has 0 amide bonds. The van der Waals surface area contributed by atoms with Gasteiger partial charge in [-0.3, -0.25) is 10.1 Å². The molecule has 1 fully saturated rings. The molecule has 0 spiro atoms. The summed E-state index contributed by atoms with van der Waals surface area (Å²) < 4.78 is 0. The van der Waals surface area contributed by atoms with E-state index in [1.165, 1.54) is 11.8 Å². The van der Waals surface area contributed by atoms with Crippen molar-refractivity contribution in [3.8, 4) is 0 Å². The van der Waals surface area contributed by atoms with Crippen molar-refractivity contribution in [2.45, 2.75) is 24.9 Å². The lowest BCUT2D eigenvalue weighted by atomic mass is 10.4. The van der Waals surface area contributed by atoms with Gasteiger partial charge in [-0.1, -0.05) is 11.8 Å². The fraction of sp³-hybridized carbons (Fsp3) is 0.636. The molecular weight excluding hydrogens is 266 g/mol. The molecular formula is C11H17N5O2S. The van der Waals surface area contributed by atoms with E-state index in [0.717, 1.165) is 25.9 Å². The van der Waals surface area contributed by atoms with Gasteiger partial charge >= 0.3 is 5.69 Å². The average molecular weight is 283 g/mol. The number of nitro groups is 1. The summed E-state index contributed by atoms with van der Waals surface area (Å²) in [5.74, 6) is 0.756. The minimum Gasteiger partial charge on any atom is -0.364 e. The summed E-state index contributed by atoms with van der Waals surface area (Å²) >= 11 is 1.39. The zero-order valence-corrected chi connectivity index (χ0v) is 11.9. The Morgan fingerprint density at radius 1 is 1.42 bits per heavy atom. The first-order valence-corrected chi connectivity index (χ1v) is 7.49. The molecule has 104 valence electrons. The van der Waals surface area contributed by atoms with Crippen LogP contribution in [0.15, 0.2) is 5.16 Å². The Kier molecular flexibility index (Phi) is 4.41. The highest BCUT2D eigenvalue weighted by molar-refractivity contribution is 7.98. The van der Waals surface area contributed by atoms with Crippen LogP contribution < -0.4 is 10.2 Å². The number of hydrogen-bond donors (Lipinski definition) is 1. The monoisotopic (exact) mass is 283 g/mol. The molecule has 2 heterocycles. The van der Waals surface area contributed by atoms with Crippen LogP contribution in [-0.2, 0) is 0 Å². The standard InChI is InChI=1S/C11H17N5O2S/c1-3-12-9-8(16(17)18)10(14-11(13-9)19-2)15-6-4-5-7-15/h3-7H2,1-2H3,(H,12,13,14). The molecule has 1 aromatic heterocycles. The molecule has 1 aromatic rings. The molecule has 2 rings (SSSR count). The summed E-state index contributed by atoms with van der Waals surface area (Å²) in [6.45, 7) is 4.11. The van der Waals surface area contributed by atoms with Gasteiger partial charge in [-0.15, -0.1) is 0 Å². The van der Waals surface area contributed by atoms with Crippen LogP contribution in [-0.4, -0.2) is 40.8 Å². The number of nitrogens with one attached hydrogen (secondary N) is 1. The molecule has 19 heavy (non-hydrogen) atoms. The molecule has 1 N–H and O–H groups in total. The van der Waals surface area contributed by atoms with E-state index in [0.29, 0.717) is 23.3 Å². The number of hydrogen-bond acceptors (Lipinski definition) is 7. The molecule has 0 unspecified atom stereocenters. The van der Waals surface area contributed by atoms with Crippen LogP contribution >= 0.6 is 11.8 Å². The normalized spacial score (nSPS) is 14.7. The molecule has 7 nitrogen and oxygen atoms in total. The summed E-state index contributed by atoms with van der Waals surface area (Å²) in [5, 5.41) is 14.8. The molecule has 0 saturated carbocycles. The minimum atomic E-state index is -0.393. The number of aromatic nitrogens is 2. The lowest BCUT2D eigenvalue weighted by Crippen LogP contribution is -2.22. The van der Waals surface area contributed by atoms with Crippen molar-refractivity contribution < 1.29 is 4.92 Å². The van der Waals surface area contributed by atoms with E-state index in [1.807, 2.05) is 18.1 Å². The first-order valence-electron chi connectivity index (χ1n) is 6.26. The van der Waals surface area contributed by atoms with E-state index in [2.05, 4.69) is 15.3 Å². The number of anilines is 2. The average Bonchev–Trinajstić information content (AvgIpc) is 2.91. The third kappa shape index (κ3) is 2.89. The fourth-order valence-electron chi connectivity index (χ4n) is 2.12. The molecule has 8 heteroatoms. The van der Waals surface area contributed by atoms with Crippen LogP contribution in [0.5, 0.6) is 0 Å². The van der Waals surface area contributed by atoms with Gasteiger partial charge in [-0.05, 0) is 26.0 Å². The fourth-order valence-corrected chi connectivity index (χ4v) is 2.48. The zero-order valence-electron chi connectivity index (χ0n) is 11.0. The van der Waals surface area contributed by atoms with Crippen LogP contribution in [0.4, 0.5) is 17.3 Å². The van der Waals surface area contributed by atoms with Gasteiger partial charge in [0.1, 0.15) is 0 Å². The summed E-state index contributed by atoms with van der Waals surface area (Å²) in [7, 11) is 0. The Balaban J connectivity index is 2.53. The summed E-state index contributed by atoms with van der Waals surface area (Å²) in [6, 6.07) is 0. The predicted octanol–water partition coefficient (Wildman–Crippen LogP) is 2.14. The molecule has 0 bridgehead atoms. The SMILES string of the molecule is CCNc1nc(SC)nc(N2CCCC2)c1[N+](=O)[O-]. The van der Waals surface area contributed by atoms with Crippen molar-refractivity contribution in [2.24, 2.45) is 0 Å². The van der Waals surface area contributed by atoms with Crippen molar-refractivity contribution in [3.05, 3.63) is 10.1 Å². The third-order valence-corrected chi connectivity index (χ3v) is 3.51. The maximum absolute atomic E-state index is 11.3. The van der Waals surface area contributed by atoms with Crippen molar-refractivity contribution in [1.29, 1.82) is 0 Å². The van der Waals surface area contributed by atoms with Gasteiger partial charge in [-0.2, -0.15) is 9.97 Å². The van der Waals surface area contributed by atoms with E-state index in [4.69, 9.17) is 0 Å². The number of thioether (sulfide) groups is 1. The van der Waals surface area contributed by atoms with Crippen LogP contribution in [0.1, 0.15) is 19.8 Å². The van der Waals surface area contributed by atoms with Crippen molar-refractivity contribution >= 4 is 29.1 Å². The van der Waals surface area contributed by atoms with E-state index in [9.17, 15) is 10.1 Å². The van der Waals surface area contributed by atoms with Gasteiger partial charge in [0.25, 0.3) is 0 Å². The Morgan fingerprint density at radius 2 is 2.11 bits per heavy atom. The van der Waals surface area contributed by atoms with Gasteiger partial charge in [0.15, 0.2) is 5.16 Å². The third-order valence-electron chi connectivity index (χ3n) is 2.96. The van der Waals surface area contributed by atoms with E-state index in [-0.39, 0.29) is 5.69 Å². The van der Waals surface area contributed by atoms with Crippen LogP contribution in [0.2, 0.25) is 0 Å². The minimum absolute atomic E-state index is 0.0125. The van der Waals surface area contributed by atoms with E-state index < -0.39 is 4.92 Å². The second-order valence-electron chi connectivity index (χ2n) is 4.21. The molecule has 0 atom stereocenters. The van der Waals surface area contributed by atoms with Crippen LogP contribution in [0, 0.1) is 10.1 Å². The second kappa shape index (κ2) is 6.05. The van der Waals surface area contributed by atoms with Gasteiger partial charge in [-0.25, -0.2) is 0 Å². The Hall–Kier alpha value is -1.57. The number of nitrogens with zero attached hydrogens (tertiary/aromatic N) is 4. The Morgan fingerprint density at radius 3 is 2.63 bits per heavy atom.